The van der Waals surface area contributed by atoms with E-state index in [1.165, 1.54) is 6.92 Å². The summed E-state index contributed by atoms with van der Waals surface area (Å²) in [6.45, 7) is 9.62. The lowest BCUT2D eigenvalue weighted by Crippen LogP contribution is -2.67. The zero-order valence-electron chi connectivity index (χ0n) is 14.5. The largest absolute Gasteiger partial charge is 0.293 e. The molecule has 0 radical (unpaired) electrons. The van der Waals surface area contributed by atoms with Gasteiger partial charge in [0.25, 0.3) is 0 Å². The Bertz CT molecular complexity index is 590. The first-order chi connectivity index (χ1) is 10.8. The first-order valence-electron chi connectivity index (χ1n) is 8.45. The summed E-state index contributed by atoms with van der Waals surface area (Å²) in [7, 11) is 0. The Kier molecular flexibility index (Phi) is 4.67. The quantitative estimate of drug-likeness (QED) is 0.502. The van der Waals surface area contributed by atoms with Gasteiger partial charge in [0, 0.05) is 11.5 Å². The second-order valence-corrected chi connectivity index (χ2v) is 6.97. The van der Waals surface area contributed by atoms with Crippen molar-refractivity contribution >= 4 is 5.78 Å². The number of hydrogen-bond acceptors (Lipinski definition) is 1. The van der Waals surface area contributed by atoms with E-state index in [0.717, 1.165) is 25.7 Å². The van der Waals surface area contributed by atoms with Crippen molar-refractivity contribution in [2.45, 2.75) is 60.3 Å². The van der Waals surface area contributed by atoms with Gasteiger partial charge in [-0.2, -0.15) is 0 Å². The number of ketones is 1. The summed E-state index contributed by atoms with van der Waals surface area (Å²) in [5, 5.41) is 0. The lowest BCUT2D eigenvalue weighted by molar-refractivity contribution is -0.200. The third-order valence-electron chi connectivity index (χ3n) is 5.85. The Balaban J connectivity index is 0.000000924. The van der Waals surface area contributed by atoms with Crippen molar-refractivity contribution in [3.63, 3.8) is 0 Å². The van der Waals surface area contributed by atoms with Crippen LogP contribution in [0.2, 0.25) is 0 Å². The van der Waals surface area contributed by atoms with Crippen molar-refractivity contribution in [1.82, 2.24) is 0 Å². The summed E-state index contributed by atoms with van der Waals surface area (Å²) in [4.78, 5) is 12.6. The van der Waals surface area contributed by atoms with Crippen molar-refractivity contribution in [3.05, 3.63) is 34.6 Å². The molecule has 0 aromatic heterocycles. The molecule has 3 fully saturated rings. The van der Waals surface area contributed by atoms with Crippen LogP contribution >= 0.6 is 0 Å². The van der Waals surface area contributed by atoms with Gasteiger partial charge in [0.05, 0.1) is 5.56 Å². The fraction of sp³-hybridized carbons (Fsp3) is 0.632. The van der Waals surface area contributed by atoms with Gasteiger partial charge in [-0.15, -0.1) is 0 Å². The average Bonchev–Trinajstić information content (AvgIpc) is 2.44. The molecule has 1 aromatic carbocycles. The van der Waals surface area contributed by atoms with Crippen LogP contribution in [0.25, 0.3) is 0 Å². The second-order valence-electron chi connectivity index (χ2n) is 6.97. The number of hydrogen-bond donors (Lipinski definition) is 0. The van der Waals surface area contributed by atoms with Crippen LogP contribution in [0.5, 0.6) is 0 Å². The zero-order chi connectivity index (χ0) is 17.6. The highest BCUT2D eigenvalue weighted by Gasteiger charge is 2.72. The monoisotopic (exact) mass is 326 g/mol. The number of Topliss-reactive ketones (excluding diaryl/α,β-unsaturated/α-hetero) is 1. The molecular formula is C19H25F3O. The Labute approximate surface area is 136 Å². The summed E-state index contributed by atoms with van der Waals surface area (Å²) in [6, 6.07) is 0.504. The molecule has 0 N–H and O–H groups in total. The normalized spacial score (nSPS) is 28.9. The topological polar surface area (TPSA) is 17.1 Å². The van der Waals surface area contributed by atoms with Gasteiger partial charge in [-0.1, -0.05) is 34.1 Å². The maximum absolute atomic E-state index is 14.0. The minimum atomic E-state index is -1.29. The predicted octanol–water partition coefficient (Wildman–Crippen LogP) is 5.84. The molecule has 23 heavy (non-hydrogen) atoms. The number of rotatable bonds is 4. The molecule has 0 amide bonds. The summed E-state index contributed by atoms with van der Waals surface area (Å²) in [5.74, 6) is -3.24. The lowest BCUT2D eigenvalue weighted by Gasteiger charge is -2.72. The van der Waals surface area contributed by atoms with Gasteiger partial charge in [-0.25, -0.2) is 13.2 Å². The highest BCUT2D eigenvalue weighted by atomic mass is 19.2. The molecule has 3 aliphatic rings. The lowest BCUT2D eigenvalue weighted by atomic mass is 9.30. The van der Waals surface area contributed by atoms with Crippen LogP contribution in [0.1, 0.15) is 69.3 Å². The van der Waals surface area contributed by atoms with Gasteiger partial charge >= 0.3 is 0 Å². The first-order valence-corrected chi connectivity index (χ1v) is 8.45. The van der Waals surface area contributed by atoms with E-state index in [1.54, 1.807) is 0 Å². The summed E-state index contributed by atoms with van der Waals surface area (Å²) in [5.41, 5.74) is -0.846. The molecule has 1 atom stereocenters. The molecular weight excluding hydrogens is 301 g/mol. The minimum absolute atomic E-state index is 0.0822. The maximum Gasteiger partial charge on any atom is 0.172 e. The zero-order valence-corrected chi connectivity index (χ0v) is 14.5. The molecule has 4 heteroatoms. The van der Waals surface area contributed by atoms with Gasteiger partial charge in [0.2, 0.25) is 0 Å². The van der Waals surface area contributed by atoms with E-state index in [1.807, 2.05) is 13.8 Å². The molecule has 0 aliphatic heterocycles. The molecule has 1 nitrogen and oxygen atoms in total. The Morgan fingerprint density at radius 1 is 1.17 bits per heavy atom. The van der Waals surface area contributed by atoms with Crippen molar-refractivity contribution < 1.29 is 18.0 Å². The van der Waals surface area contributed by atoms with Crippen LogP contribution < -0.4 is 0 Å². The van der Waals surface area contributed by atoms with E-state index < -0.39 is 28.6 Å². The molecule has 0 saturated heterocycles. The van der Waals surface area contributed by atoms with Gasteiger partial charge in [0.15, 0.2) is 17.4 Å². The van der Waals surface area contributed by atoms with Gasteiger partial charge in [0.1, 0.15) is 5.82 Å². The van der Waals surface area contributed by atoms with E-state index in [0.29, 0.717) is 12.0 Å². The third kappa shape index (κ3) is 2.41. The van der Waals surface area contributed by atoms with E-state index in [9.17, 15) is 18.0 Å². The molecule has 0 heterocycles. The minimum Gasteiger partial charge on any atom is -0.293 e. The van der Waals surface area contributed by atoms with Crippen molar-refractivity contribution in [2.75, 3.05) is 0 Å². The standard InChI is InChI=1S/C17H19F3O.C2H6/c1-4-9(2)16-6-17(7-16,8-16)15(21)13-10(3)11(18)5-12(19)14(13)20;1-2/h5,9H,4,6-8H2,1-3H3;1-2H3. The summed E-state index contributed by atoms with van der Waals surface area (Å²) >= 11 is 0. The van der Waals surface area contributed by atoms with E-state index >= 15 is 0 Å². The van der Waals surface area contributed by atoms with Crippen molar-refractivity contribution in [2.24, 2.45) is 16.7 Å². The van der Waals surface area contributed by atoms with Gasteiger partial charge in [-0.05, 0) is 43.1 Å². The van der Waals surface area contributed by atoms with Crippen LogP contribution in [-0.4, -0.2) is 5.78 Å². The number of carbonyl (C=O) groups excluding carboxylic acids is 1. The van der Waals surface area contributed by atoms with Gasteiger partial charge < -0.3 is 0 Å². The van der Waals surface area contributed by atoms with E-state index in [2.05, 4.69) is 13.8 Å². The molecule has 1 aromatic rings. The maximum atomic E-state index is 14.0. The number of benzene rings is 1. The molecule has 1 unspecified atom stereocenters. The average molecular weight is 326 g/mol. The van der Waals surface area contributed by atoms with Crippen LogP contribution in [0.15, 0.2) is 6.07 Å². The molecule has 2 bridgehead atoms. The fourth-order valence-electron chi connectivity index (χ4n) is 4.28. The first kappa shape index (κ1) is 18.0. The molecule has 4 rings (SSSR count). The number of halogens is 3. The smallest absolute Gasteiger partial charge is 0.172 e. The molecule has 128 valence electrons. The molecule has 3 saturated carbocycles. The van der Waals surface area contributed by atoms with E-state index in [-0.39, 0.29) is 16.5 Å². The summed E-state index contributed by atoms with van der Waals surface area (Å²) in [6.07, 6.45) is 3.23. The second kappa shape index (κ2) is 5.95. The third-order valence-corrected chi connectivity index (χ3v) is 5.85. The van der Waals surface area contributed by atoms with Crippen LogP contribution in [0, 0.1) is 41.1 Å². The Morgan fingerprint density at radius 2 is 1.70 bits per heavy atom. The highest BCUT2D eigenvalue weighted by Crippen LogP contribution is 2.77. The highest BCUT2D eigenvalue weighted by molar-refractivity contribution is 6.04. The SMILES string of the molecule is CC.CCC(C)C12CC(C(=O)c3c(C)c(F)cc(F)c3F)(C1)C2. The van der Waals surface area contributed by atoms with Gasteiger partial charge in [-0.3, -0.25) is 4.79 Å². The Hall–Kier alpha value is -1.32. The van der Waals surface area contributed by atoms with Crippen molar-refractivity contribution in [3.8, 4) is 0 Å². The number of carbonyl (C=O) groups is 1. The van der Waals surface area contributed by atoms with Crippen molar-refractivity contribution in [1.29, 1.82) is 0 Å². The summed E-state index contributed by atoms with van der Waals surface area (Å²) < 4.78 is 41.0. The van der Waals surface area contributed by atoms with E-state index in [4.69, 9.17) is 0 Å². The van der Waals surface area contributed by atoms with Crippen LogP contribution in [-0.2, 0) is 0 Å². The molecule has 0 spiro atoms. The van der Waals surface area contributed by atoms with Crippen LogP contribution in [0.4, 0.5) is 13.2 Å². The molecule has 3 aliphatic carbocycles. The fourth-order valence-corrected chi connectivity index (χ4v) is 4.28. The predicted molar refractivity (Wildman–Crippen MR) is 84.9 cm³/mol. The Morgan fingerprint density at radius 3 is 2.17 bits per heavy atom. The van der Waals surface area contributed by atoms with Crippen LogP contribution in [0.3, 0.4) is 0 Å².